The Kier molecular flexibility index (Phi) is 3.09. The minimum atomic E-state index is 0.215. The predicted molar refractivity (Wildman–Crippen MR) is 58.7 cm³/mol. The van der Waals surface area contributed by atoms with Crippen LogP contribution < -0.4 is 0 Å². The van der Waals surface area contributed by atoms with E-state index in [1.54, 1.807) is 6.20 Å². The largest absolute Gasteiger partial charge is 0.224 e. The summed E-state index contributed by atoms with van der Waals surface area (Å²) >= 11 is 17.4. The molecule has 15 heavy (non-hydrogen) atoms. The van der Waals surface area contributed by atoms with Crippen molar-refractivity contribution >= 4 is 34.8 Å². The number of alkyl halides is 1. The van der Waals surface area contributed by atoms with Crippen molar-refractivity contribution in [3.05, 3.63) is 34.5 Å². The first-order chi connectivity index (χ1) is 7.22. The molecule has 2 rings (SSSR count). The van der Waals surface area contributed by atoms with Gasteiger partial charge in [-0.1, -0.05) is 23.2 Å². The monoisotopic (exact) mass is 262 g/mol. The number of halogens is 3. The molecule has 2 aromatic heterocycles. The maximum Gasteiger partial charge on any atom is 0.162 e. The summed E-state index contributed by atoms with van der Waals surface area (Å²) in [5, 5.41) is 4.85. The van der Waals surface area contributed by atoms with Crippen molar-refractivity contribution in [2.24, 2.45) is 0 Å². The summed E-state index contributed by atoms with van der Waals surface area (Å²) in [5.74, 6) is 0.754. The van der Waals surface area contributed by atoms with Crippen LogP contribution in [0.15, 0.2) is 18.7 Å². The fraction of sp³-hybridized carbons (Fsp3) is 0.125. The van der Waals surface area contributed by atoms with E-state index in [2.05, 4.69) is 15.1 Å². The van der Waals surface area contributed by atoms with Crippen molar-refractivity contribution < 1.29 is 0 Å². The van der Waals surface area contributed by atoms with Gasteiger partial charge in [-0.15, -0.1) is 11.6 Å². The van der Waals surface area contributed by atoms with Crippen LogP contribution in [-0.4, -0.2) is 19.7 Å². The second-order valence-electron chi connectivity index (χ2n) is 2.70. The zero-order valence-electron chi connectivity index (χ0n) is 7.36. The number of aromatic nitrogens is 4. The third kappa shape index (κ3) is 2.07. The molecule has 0 aliphatic carbocycles. The van der Waals surface area contributed by atoms with Gasteiger partial charge < -0.3 is 0 Å². The summed E-state index contributed by atoms with van der Waals surface area (Å²) in [5.41, 5.74) is 0.626. The maximum atomic E-state index is 5.88. The molecular weight excluding hydrogens is 258 g/mol. The predicted octanol–water partition coefficient (Wildman–Crippen LogP) is 2.71. The zero-order chi connectivity index (χ0) is 10.8. The van der Waals surface area contributed by atoms with Gasteiger partial charge >= 0.3 is 0 Å². The fourth-order valence-electron chi connectivity index (χ4n) is 1.11. The average molecular weight is 264 g/mol. The van der Waals surface area contributed by atoms with E-state index in [1.165, 1.54) is 17.2 Å². The summed E-state index contributed by atoms with van der Waals surface area (Å²) < 4.78 is 1.51. The molecule has 0 saturated heterocycles. The molecule has 0 unspecified atom stereocenters. The van der Waals surface area contributed by atoms with Crippen LogP contribution in [0.4, 0.5) is 0 Å². The molecule has 0 amide bonds. The Hall–Kier alpha value is -0.840. The number of hydrogen-bond acceptors (Lipinski definition) is 3. The van der Waals surface area contributed by atoms with Crippen LogP contribution in [0.2, 0.25) is 10.2 Å². The van der Waals surface area contributed by atoms with Gasteiger partial charge in [0.25, 0.3) is 0 Å². The van der Waals surface area contributed by atoms with Crippen LogP contribution in [0.25, 0.3) is 5.82 Å². The van der Waals surface area contributed by atoms with Crippen molar-refractivity contribution in [1.82, 2.24) is 19.7 Å². The molecule has 0 atom stereocenters. The van der Waals surface area contributed by atoms with Gasteiger partial charge in [0.05, 0.1) is 23.3 Å². The first-order valence-corrected chi connectivity index (χ1v) is 5.27. The highest BCUT2D eigenvalue weighted by molar-refractivity contribution is 6.31. The number of hydrogen-bond donors (Lipinski definition) is 0. The Balaban J connectivity index is 2.57. The van der Waals surface area contributed by atoms with Crippen molar-refractivity contribution in [2.45, 2.75) is 5.88 Å². The Morgan fingerprint density at radius 3 is 2.67 bits per heavy atom. The molecule has 0 aliphatic heterocycles. The van der Waals surface area contributed by atoms with E-state index < -0.39 is 0 Å². The lowest BCUT2D eigenvalue weighted by Crippen LogP contribution is -2.03. The van der Waals surface area contributed by atoms with Crippen LogP contribution in [0.1, 0.15) is 5.56 Å². The molecule has 2 heterocycles. The first-order valence-electron chi connectivity index (χ1n) is 3.98. The minimum Gasteiger partial charge on any atom is -0.224 e. The van der Waals surface area contributed by atoms with Crippen molar-refractivity contribution in [3.63, 3.8) is 0 Å². The SMILES string of the molecule is ClCc1c(Cl)ncnc1-n1cc(Cl)cn1. The van der Waals surface area contributed by atoms with Gasteiger partial charge in [0, 0.05) is 5.56 Å². The van der Waals surface area contributed by atoms with Gasteiger partial charge in [-0.3, -0.25) is 0 Å². The van der Waals surface area contributed by atoms with Crippen molar-refractivity contribution in [2.75, 3.05) is 0 Å². The molecule has 0 radical (unpaired) electrons. The third-order valence-corrected chi connectivity index (χ3v) is 2.56. The van der Waals surface area contributed by atoms with E-state index in [9.17, 15) is 0 Å². The standard InChI is InChI=1S/C8H5Cl3N4/c9-1-6-7(11)12-4-13-8(6)15-3-5(10)2-14-15/h2-4H,1H2. The average Bonchev–Trinajstić information content (AvgIpc) is 2.64. The van der Waals surface area contributed by atoms with Crippen LogP contribution >= 0.6 is 34.8 Å². The summed E-state index contributed by atoms with van der Waals surface area (Å²) in [6.45, 7) is 0. The second kappa shape index (κ2) is 4.35. The normalized spacial score (nSPS) is 10.6. The maximum absolute atomic E-state index is 5.88. The molecule has 0 saturated carbocycles. The Morgan fingerprint density at radius 2 is 2.07 bits per heavy atom. The highest BCUT2D eigenvalue weighted by atomic mass is 35.5. The van der Waals surface area contributed by atoms with Crippen LogP contribution in [0, 0.1) is 0 Å². The van der Waals surface area contributed by atoms with E-state index in [0.717, 1.165) is 0 Å². The minimum absolute atomic E-state index is 0.215. The van der Waals surface area contributed by atoms with Crippen LogP contribution in [0.5, 0.6) is 0 Å². The lowest BCUT2D eigenvalue weighted by molar-refractivity contribution is 0.827. The summed E-state index contributed by atoms with van der Waals surface area (Å²) in [4.78, 5) is 7.89. The van der Waals surface area contributed by atoms with Gasteiger partial charge in [0.15, 0.2) is 5.82 Å². The molecular formula is C8H5Cl3N4. The Bertz CT molecular complexity index is 482. The van der Waals surface area contributed by atoms with Gasteiger partial charge in [-0.25, -0.2) is 14.6 Å². The molecule has 0 bridgehead atoms. The molecule has 0 spiro atoms. The highest BCUT2D eigenvalue weighted by Crippen LogP contribution is 2.21. The quantitative estimate of drug-likeness (QED) is 0.618. The Morgan fingerprint density at radius 1 is 1.27 bits per heavy atom. The molecule has 2 aromatic rings. The van der Waals surface area contributed by atoms with Crippen LogP contribution in [0.3, 0.4) is 0 Å². The fourth-order valence-corrected chi connectivity index (χ4v) is 1.76. The van der Waals surface area contributed by atoms with Crippen LogP contribution in [-0.2, 0) is 5.88 Å². The summed E-state index contributed by atoms with van der Waals surface area (Å²) in [6.07, 6.45) is 4.48. The zero-order valence-corrected chi connectivity index (χ0v) is 9.63. The van der Waals surface area contributed by atoms with E-state index >= 15 is 0 Å². The van der Waals surface area contributed by atoms with E-state index in [-0.39, 0.29) is 5.88 Å². The molecule has 0 aromatic carbocycles. The molecule has 0 fully saturated rings. The van der Waals surface area contributed by atoms with Gasteiger partial charge in [-0.05, 0) is 0 Å². The lowest BCUT2D eigenvalue weighted by Gasteiger charge is -2.05. The topological polar surface area (TPSA) is 43.6 Å². The Labute approximate surface area is 101 Å². The summed E-state index contributed by atoms with van der Waals surface area (Å²) in [6, 6.07) is 0. The molecule has 7 heteroatoms. The van der Waals surface area contributed by atoms with Gasteiger partial charge in [0.2, 0.25) is 0 Å². The first kappa shape index (κ1) is 10.7. The van der Waals surface area contributed by atoms with Gasteiger partial charge in [-0.2, -0.15) is 5.10 Å². The van der Waals surface area contributed by atoms with Crippen molar-refractivity contribution in [3.8, 4) is 5.82 Å². The second-order valence-corrected chi connectivity index (χ2v) is 3.77. The summed E-state index contributed by atoms with van der Waals surface area (Å²) in [7, 11) is 0. The van der Waals surface area contributed by atoms with E-state index in [0.29, 0.717) is 21.6 Å². The third-order valence-electron chi connectivity index (χ3n) is 1.77. The lowest BCUT2D eigenvalue weighted by atomic mass is 10.3. The molecule has 0 aliphatic rings. The van der Waals surface area contributed by atoms with E-state index in [4.69, 9.17) is 34.8 Å². The molecule has 4 nitrogen and oxygen atoms in total. The molecule has 78 valence electrons. The van der Waals surface area contributed by atoms with E-state index in [1.807, 2.05) is 0 Å². The van der Waals surface area contributed by atoms with Gasteiger partial charge in [0.1, 0.15) is 11.5 Å². The molecule has 0 N–H and O–H groups in total. The smallest absolute Gasteiger partial charge is 0.162 e. The number of rotatable bonds is 2. The van der Waals surface area contributed by atoms with Crippen molar-refractivity contribution in [1.29, 1.82) is 0 Å². The number of nitrogens with zero attached hydrogens (tertiary/aromatic N) is 4. The highest BCUT2D eigenvalue weighted by Gasteiger charge is 2.11.